The van der Waals surface area contributed by atoms with Crippen molar-refractivity contribution >= 4 is 23.5 Å². The van der Waals surface area contributed by atoms with Crippen LogP contribution in [0.4, 0.5) is 5.95 Å². The number of hydrogen-bond donors (Lipinski definition) is 1. The number of aryl methyl sites for hydroxylation is 2. The van der Waals surface area contributed by atoms with Crippen LogP contribution in [0, 0.1) is 6.92 Å². The van der Waals surface area contributed by atoms with Crippen LogP contribution in [0.25, 0.3) is 0 Å². The van der Waals surface area contributed by atoms with Crippen molar-refractivity contribution < 1.29 is 4.79 Å². The molecule has 1 amide bonds. The van der Waals surface area contributed by atoms with Gasteiger partial charge in [0.05, 0.1) is 17.3 Å². The maximum atomic E-state index is 12.0. The maximum Gasteiger partial charge on any atom is 0.248 e. The molecule has 24 heavy (non-hydrogen) atoms. The van der Waals surface area contributed by atoms with E-state index in [0.717, 1.165) is 11.3 Å². The van der Waals surface area contributed by atoms with E-state index in [1.807, 2.05) is 37.3 Å². The molecule has 0 radical (unpaired) electrons. The zero-order chi connectivity index (χ0) is 16.9. The maximum absolute atomic E-state index is 12.0. The van der Waals surface area contributed by atoms with E-state index in [0.29, 0.717) is 24.1 Å². The number of amides is 1. The summed E-state index contributed by atoms with van der Waals surface area (Å²) in [5.74, 6) is 0.127. The SMILES string of the molecule is Cc1nn(CCC(=O)Nc2ncn(Cc3ccccc3)n2)cc1Cl. The Morgan fingerprint density at radius 1 is 1.21 bits per heavy atom. The lowest BCUT2D eigenvalue weighted by Crippen LogP contribution is -2.16. The van der Waals surface area contributed by atoms with E-state index >= 15 is 0 Å². The standard InChI is InChI=1S/C16H17ClN6O/c1-12-14(17)10-22(20-12)8-7-15(24)19-16-18-11-23(21-16)9-13-5-3-2-4-6-13/h2-6,10-11H,7-9H2,1H3,(H,19,21,24). The van der Waals surface area contributed by atoms with Crippen LogP contribution in [0.5, 0.6) is 0 Å². The zero-order valence-electron chi connectivity index (χ0n) is 13.2. The van der Waals surface area contributed by atoms with Crippen LogP contribution in [0.15, 0.2) is 42.9 Å². The van der Waals surface area contributed by atoms with Crippen LogP contribution >= 0.6 is 11.6 Å². The summed E-state index contributed by atoms with van der Waals surface area (Å²) in [5.41, 5.74) is 1.87. The molecule has 0 aliphatic heterocycles. The van der Waals surface area contributed by atoms with Crippen molar-refractivity contribution in [2.45, 2.75) is 26.4 Å². The molecular weight excluding hydrogens is 328 g/mol. The highest BCUT2D eigenvalue weighted by Gasteiger charge is 2.08. The van der Waals surface area contributed by atoms with Crippen LogP contribution in [-0.2, 0) is 17.9 Å². The summed E-state index contributed by atoms with van der Waals surface area (Å²) in [6, 6.07) is 9.93. The average molecular weight is 345 g/mol. The number of hydrogen-bond acceptors (Lipinski definition) is 4. The van der Waals surface area contributed by atoms with Gasteiger partial charge in [-0.25, -0.2) is 9.67 Å². The number of carbonyl (C=O) groups is 1. The van der Waals surface area contributed by atoms with Crippen molar-refractivity contribution in [3.8, 4) is 0 Å². The zero-order valence-corrected chi connectivity index (χ0v) is 13.9. The van der Waals surface area contributed by atoms with Gasteiger partial charge >= 0.3 is 0 Å². The summed E-state index contributed by atoms with van der Waals surface area (Å²) in [6.45, 7) is 2.88. The molecule has 0 unspecified atom stereocenters. The second-order valence-corrected chi connectivity index (χ2v) is 5.78. The monoisotopic (exact) mass is 344 g/mol. The number of halogens is 1. The summed E-state index contributed by atoms with van der Waals surface area (Å²) in [5, 5.41) is 11.7. The van der Waals surface area contributed by atoms with Crippen LogP contribution in [-0.4, -0.2) is 30.5 Å². The van der Waals surface area contributed by atoms with Crippen molar-refractivity contribution in [3.05, 3.63) is 59.1 Å². The first-order valence-electron chi connectivity index (χ1n) is 7.53. The smallest absolute Gasteiger partial charge is 0.248 e. The van der Waals surface area contributed by atoms with E-state index in [1.165, 1.54) is 0 Å². The van der Waals surface area contributed by atoms with Crippen molar-refractivity contribution in [3.63, 3.8) is 0 Å². The van der Waals surface area contributed by atoms with Crippen LogP contribution in [0.3, 0.4) is 0 Å². The van der Waals surface area contributed by atoms with Gasteiger partial charge in [-0.15, -0.1) is 5.10 Å². The molecule has 0 bridgehead atoms. The van der Waals surface area contributed by atoms with Gasteiger partial charge in [0, 0.05) is 19.2 Å². The van der Waals surface area contributed by atoms with Gasteiger partial charge in [0.15, 0.2) is 0 Å². The summed E-state index contributed by atoms with van der Waals surface area (Å²) < 4.78 is 3.33. The molecule has 0 aliphatic carbocycles. The number of anilines is 1. The lowest BCUT2D eigenvalue weighted by Gasteiger charge is -2.02. The van der Waals surface area contributed by atoms with Gasteiger partial charge < -0.3 is 0 Å². The van der Waals surface area contributed by atoms with Crippen LogP contribution in [0.2, 0.25) is 5.02 Å². The van der Waals surface area contributed by atoms with Crippen LogP contribution < -0.4 is 5.32 Å². The Kier molecular flexibility index (Phi) is 4.90. The topological polar surface area (TPSA) is 77.6 Å². The predicted octanol–water partition coefficient (Wildman–Crippen LogP) is 2.51. The molecule has 8 heteroatoms. The van der Waals surface area contributed by atoms with Crippen molar-refractivity contribution in [2.24, 2.45) is 0 Å². The molecule has 0 saturated heterocycles. The van der Waals surface area contributed by atoms with Gasteiger partial charge in [0.1, 0.15) is 6.33 Å². The minimum absolute atomic E-state index is 0.170. The van der Waals surface area contributed by atoms with Gasteiger partial charge in [-0.2, -0.15) is 5.10 Å². The fourth-order valence-corrected chi connectivity index (χ4v) is 2.36. The molecule has 0 saturated carbocycles. The lowest BCUT2D eigenvalue weighted by molar-refractivity contribution is -0.116. The fourth-order valence-electron chi connectivity index (χ4n) is 2.21. The number of nitrogens with zero attached hydrogens (tertiary/aromatic N) is 5. The predicted molar refractivity (Wildman–Crippen MR) is 90.8 cm³/mol. The Balaban J connectivity index is 1.51. The minimum Gasteiger partial charge on any atom is -0.293 e. The fraction of sp³-hybridized carbons (Fsp3) is 0.250. The second-order valence-electron chi connectivity index (χ2n) is 5.38. The largest absolute Gasteiger partial charge is 0.293 e. The summed E-state index contributed by atoms with van der Waals surface area (Å²) >= 11 is 5.94. The number of rotatable bonds is 6. The summed E-state index contributed by atoms with van der Waals surface area (Å²) in [4.78, 5) is 16.1. The minimum atomic E-state index is -0.170. The first-order chi connectivity index (χ1) is 11.6. The number of nitrogens with one attached hydrogen (secondary N) is 1. The molecule has 2 aromatic heterocycles. The molecule has 7 nitrogen and oxygen atoms in total. The third-order valence-corrected chi connectivity index (χ3v) is 3.80. The molecule has 0 aliphatic rings. The van der Waals surface area contributed by atoms with Crippen molar-refractivity contribution in [1.29, 1.82) is 0 Å². The third kappa shape index (κ3) is 4.20. The van der Waals surface area contributed by atoms with Gasteiger partial charge in [-0.1, -0.05) is 41.9 Å². The van der Waals surface area contributed by atoms with E-state index in [4.69, 9.17) is 11.6 Å². The average Bonchev–Trinajstić information content (AvgIpc) is 3.13. The van der Waals surface area contributed by atoms with Crippen LogP contribution in [0.1, 0.15) is 17.7 Å². The number of aromatic nitrogens is 5. The number of carbonyl (C=O) groups excluding carboxylic acids is 1. The van der Waals surface area contributed by atoms with Gasteiger partial charge in [0.25, 0.3) is 0 Å². The quantitative estimate of drug-likeness (QED) is 0.745. The normalized spacial score (nSPS) is 10.8. The Labute approximate surface area is 144 Å². The highest BCUT2D eigenvalue weighted by molar-refractivity contribution is 6.31. The molecule has 0 atom stereocenters. The van der Waals surface area contributed by atoms with Gasteiger partial charge in [0.2, 0.25) is 11.9 Å². The molecule has 2 heterocycles. The first-order valence-corrected chi connectivity index (χ1v) is 7.91. The van der Waals surface area contributed by atoms with E-state index < -0.39 is 0 Å². The number of benzene rings is 1. The third-order valence-electron chi connectivity index (χ3n) is 3.43. The Morgan fingerprint density at radius 3 is 2.71 bits per heavy atom. The Hall–Kier alpha value is -2.67. The molecule has 124 valence electrons. The van der Waals surface area contributed by atoms with E-state index in [9.17, 15) is 4.79 Å². The Bertz CT molecular complexity index is 807. The molecule has 1 N–H and O–H groups in total. The molecular formula is C16H17ClN6O. The van der Waals surface area contributed by atoms with Crippen molar-refractivity contribution in [2.75, 3.05) is 5.32 Å². The summed E-state index contributed by atoms with van der Waals surface area (Å²) in [6.07, 6.45) is 3.57. The van der Waals surface area contributed by atoms with Gasteiger partial charge in [-0.3, -0.25) is 14.8 Å². The van der Waals surface area contributed by atoms with E-state index in [1.54, 1.807) is 21.9 Å². The first kappa shape index (κ1) is 16.2. The van der Waals surface area contributed by atoms with E-state index in [2.05, 4.69) is 20.5 Å². The summed E-state index contributed by atoms with van der Waals surface area (Å²) in [7, 11) is 0. The highest BCUT2D eigenvalue weighted by atomic mass is 35.5. The highest BCUT2D eigenvalue weighted by Crippen LogP contribution is 2.12. The van der Waals surface area contributed by atoms with E-state index in [-0.39, 0.29) is 12.3 Å². The second kappa shape index (κ2) is 7.27. The van der Waals surface area contributed by atoms with Gasteiger partial charge in [-0.05, 0) is 12.5 Å². The molecule has 3 aromatic rings. The molecule has 1 aromatic carbocycles. The van der Waals surface area contributed by atoms with Crippen molar-refractivity contribution in [1.82, 2.24) is 24.5 Å². The lowest BCUT2D eigenvalue weighted by atomic mass is 10.2. The molecule has 0 fully saturated rings. The molecule has 0 spiro atoms. The molecule has 3 rings (SSSR count). The Morgan fingerprint density at radius 2 is 2.00 bits per heavy atom.